The van der Waals surface area contributed by atoms with Crippen LogP contribution < -0.4 is 5.32 Å². The standard InChI is InChI=1S/C7H11N5OS/c13-7(6-9-11-12-10-6)8-5-2-1-3-14-4-5/h5H,1-4H2,(H,8,13)(H,9,10,11,12). The van der Waals surface area contributed by atoms with Gasteiger partial charge in [-0.25, -0.2) is 0 Å². The molecule has 0 spiro atoms. The van der Waals surface area contributed by atoms with Gasteiger partial charge in [0.1, 0.15) is 0 Å². The van der Waals surface area contributed by atoms with Crippen LogP contribution >= 0.6 is 11.8 Å². The first-order valence-corrected chi connectivity index (χ1v) is 5.64. The number of carbonyl (C=O) groups excluding carboxylic acids is 1. The van der Waals surface area contributed by atoms with Crippen LogP contribution in [0.3, 0.4) is 0 Å². The van der Waals surface area contributed by atoms with Gasteiger partial charge in [0.05, 0.1) is 0 Å². The molecule has 76 valence electrons. The van der Waals surface area contributed by atoms with Gasteiger partial charge in [0.2, 0.25) is 0 Å². The second kappa shape index (κ2) is 4.41. The highest BCUT2D eigenvalue weighted by Crippen LogP contribution is 2.16. The van der Waals surface area contributed by atoms with Crippen LogP contribution in [0.15, 0.2) is 0 Å². The lowest BCUT2D eigenvalue weighted by molar-refractivity contribution is 0.0928. The van der Waals surface area contributed by atoms with E-state index in [1.165, 1.54) is 5.75 Å². The van der Waals surface area contributed by atoms with E-state index in [2.05, 4.69) is 25.9 Å². The van der Waals surface area contributed by atoms with E-state index >= 15 is 0 Å². The third-order valence-electron chi connectivity index (χ3n) is 2.04. The number of aromatic amines is 1. The van der Waals surface area contributed by atoms with Crippen LogP contribution in [0, 0.1) is 0 Å². The molecule has 0 aromatic carbocycles. The monoisotopic (exact) mass is 213 g/mol. The fourth-order valence-corrected chi connectivity index (χ4v) is 2.43. The van der Waals surface area contributed by atoms with E-state index in [1.54, 1.807) is 0 Å². The minimum Gasteiger partial charge on any atom is -0.346 e. The van der Waals surface area contributed by atoms with Crippen molar-refractivity contribution in [3.63, 3.8) is 0 Å². The van der Waals surface area contributed by atoms with Crippen molar-refractivity contribution >= 4 is 17.7 Å². The van der Waals surface area contributed by atoms with Gasteiger partial charge in [-0.2, -0.15) is 17.0 Å². The van der Waals surface area contributed by atoms with Crippen molar-refractivity contribution in [3.05, 3.63) is 5.82 Å². The Kier molecular flexibility index (Phi) is 2.97. The summed E-state index contributed by atoms with van der Waals surface area (Å²) in [7, 11) is 0. The SMILES string of the molecule is O=C(NC1CCCSC1)c1nn[nH]n1. The molecule has 1 aromatic heterocycles. The fourth-order valence-electron chi connectivity index (χ4n) is 1.36. The number of hydrogen-bond acceptors (Lipinski definition) is 5. The number of nitrogens with one attached hydrogen (secondary N) is 2. The van der Waals surface area contributed by atoms with Crippen molar-refractivity contribution in [2.45, 2.75) is 18.9 Å². The molecule has 1 amide bonds. The second-order valence-electron chi connectivity index (χ2n) is 3.12. The first kappa shape index (κ1) is 9.45. The van der Waals surface area contributed by atoms with Gasteiger partial charge in [-0.15, -0.1) is 10.2 Å². The number of hydrogen-bond donors (Lipinski definition) is 2. The Morgan fingerprint density at radius 3 is 3.21 bits per heavy atom. The van der Waals surface area contributed by atoms with Crippen molar-refractivity contribution < 1.29 is 4.79 Å². The highest BCUT2D eigenvalue weighted by Gasteiger charge is 2.18. The lowest BCUT2D eigenvalue weighted by Crippen LogP contribution is -2.38. The van der Waals surface area contributed by atoms with Gasteiger partial charge in [0.15, 0.2) is 0 Å². The first-order chi connectivity index (χ1) is 6.86. The van der Waals surface area contributed by atoms with Gasteiger partial charge in [-0.1, -0.05) is 0 Å². The maximum atomic E-state index is 11.5. The van der Waals surface area contributed by atoms with Gasteiger partial charge in [-0.3, -0.25) is 4.79 Å². The van der Waals surface area contributed by atoms with Crippen molar-refractivity contribution in [3.8, 4) is 0 Å². The summed E-state index contributed by atoms with van der Waals surface area (Å²) in [4.78, 5) is 11.5. The number of carbonyl (C=O) groups is 1. The van der Waals surface area contributed by atoms with E-state index in [0.29, 0.717) is 0 Å². The van der Waals surface area contributed by atoms with Crippen molar-refractivity contribution in [2.24, 2.45) is 0 Å². The zero-order chi connectivity index (χ0) is 9.80. The summed E-state index contributed by atoms with van der Waals surface area (Å²) < 4.78 is 0. The van der Waals surface area contributed by atoms with E-state index in [1.807, 2.05) is 11.8 Å². The number of amides is 1. The molecular formula is C7H11N5OS. The van der Waals surface area contributed by atoms with Gasteiger partial charge < -0.3 is 5.32 Å². The predicted octanol–water partition coefficient (Wildman–Crippen LogP) is -0.175. The summed E-state index contributed by atoms with van der Waals surface area (Å²) >= 11 is 1.86. The Morgan fingerprint density at radius 1 is 1.64 bits per heavy atom. The summed E-state index contributed by atoms with van der Waals surface area (Å²) in [5, 5.41) is 15.7. The maximum Gasteiger partial charge on any atom is 0.293 e. The molecule has 7 heteroatoms. The molecule has 6 nitrogen and oxygen atoms in total. The normalized spacial score (nSPS) is 21.9. The van der Waals surface area contributed by atoms with Crippen LogP contribution in [0.1, 0.15) is 23.5 Å². The molecule has 14 heavy (non-hydrogen) atoms. The van der Waals surface area contributed by atoms with Crippen LogP contribution in [0.5, 0.6) is 0 Å². The molecule has 2 N–H and O–H groups in total. The zero-order valence-corrected chi connectivity index (χ0v) is 8.38. The zero-order valence-electron chi connectivity index (χ0n) is 7.56. The van der Waals surface area contributed by atoms with E-state index in [4.69, 9.17) is 0 Å². The molecule has 1 fully saturated rings. The predicted molar refractivity (Wildman–Crippen MR) is 52.0 cm³/mol. The van der Waals surface area contributed by atoms with Gasteiger partial charge in [-0.05, 0) is 23.8 Å². The average Bonchev–Trinajstić information content (AvgIpc) is 2.72. The van der Waals surface area contributed by atoms with Crippen LogP contribution in [0.2, 0.25) is 0 Å². The van der Waals surface area contributed by atoms with E-state index < -0.39 is 0 Å². The number of nitrogens with zero attached hydrogens (tertiary/aromatic N) is 3. The van der Waals surface area contributed by atoms with Gasteiger partial charge in [0, 0.05) is 11.8 Å². The smallest absolute Gasteiger partial charge is 0.293 e. The summed E-state index contributed by atoms with van der Waals surface area (Å²) in [5.41, 5.74) is 0. The Morgan fingerprint density at radius 2 is 2.57 bits per heavy atom. The highest BCUT2D eigenvalue weighted by atomic mass is 32.2. The summed E-state index contributed by atoms with van der Waals surface area (Å²) in [6.07, 6.45) is 2.19. The Hall–Kier alpha value is -1.11. The third-order valence-corrected chi connectivity index (χ3v) is 3.26. The van der Waals surface area contributed by atoms with Crippen molar-refractivity contribution in [1.82, 2.24) is 25.9 Å². The molecule has 2 heterocycles. The van der Waals surface area contributed by atoms with Crippen molar-refractivity contribution in [2.75, 3.05) is 11.5 Å². The minimum atomic E-state index is -0.244. The lowest BCUT2D eigenvalue weighted by atomic mass is 10.2. The molecule has 1 aliphatic heterocycles. The van der Waals surface area contributed by atoms with Crippen LogP contribution in [0.25, 0.3) is 0 Å². The number of rotatable bonds is 2. The van der Waals surface area contributed by atoms with E-state index in [-0.39, 0.29) is 17.8 Å². The summed E-state index contributed by atoms with van der Waals surface area (Å²) in [6, 6.07) is 0.250. The number of H-pyrrole nitrogens is 1. The quantitative estimate of drug-likeness (QED) is 0.712. The molecule has 2 rings (SSSR count). The number of thioether (sulfide) groups is 1. The molecule has 0 saturated carbocycles. The van der Waals surface area contributed by atoms with E-state index in [0.717, 1.165) is 18.6 Å². The average molecular weight is 213 g/mol. The molecule has 1 unspecified atom stereocenters. The lowest BCUT2D eigenvalue weighted by Gasteiger charge is -2.21. The van der Waals surface area contributed by atoms with Crippen LogP contribution in [-0.2, 0) is 0 Å². The topological polar surface area (TPSA) is 83.6 Å². The minimum absolute atomic E-state index is 0.112. The Balaban J connectivity index is 1.87. The molecule has 1 aliphatic rings. The molecule has 1 saturated heterocycles. The third kappa shape index (κ3) is 2.22. The summed E-state index contributed by atoms with van der Waals surface area (Å²) in [6.45, 7) is 0. The molecule has 1 atom stereocenters. The number of aromatic nitrogens is 4. The maximum absolute atomic E-state index is 11.5. The molecule has 0 bridgehead atoms. The second-order valence-corrected chi connectivity index (χ2v) is 4.27. The largest absolute Gasteiger partial charge is 0.346 e. The number of tetrazole rings is 1. The molecule has 0 radical (unpaired) electrons. The fraction of sp³-hybridized carbons (Fsp3) is 0.714. The Labute approximate surface area is 85.2 Å². The molecule has 1 aromatic rings. The van der Waals surface area contributed by atoms with Gasteiger partial charge in [0.25, 0.3) is 11.7 Å². The van der Waals surface area contributed by atoms with Crippen LogP contribution in [-0.4, -0.2) is 44.1 Å². The summed E-state index contributed by atoms with van der Waals surface area (Å²) in [5.74, 6) is 2.03. The Bertz CT molecular complexity index is 295. The van der Waals surface area contributed by atoms with Crippen LogP contribution in [0.4, 0.5) is 0 Å². The molecule has 0 aliphatic carbocycles. The van der Waals surface area contributed by atoms with Crippen molar-refractivity contribution in [1.29, 1.82) is 0 Å². The molecular weight excluding hydrogens is 202 g/mol. The van der Waals surface area contributed by atoms with Gasteiger partial charge >= 0.3 is 0 Å². The highest BCUT2D eigenvalue weighted by molar-refractivity contribution is 7.99. The first-order valence-electron chi connectivity index (χ1n) is 4.48. The van der Waals surface area contributed by atoms with E-state index in [9.17, 15) is 4.79 Å².